The second-order valence-corrected chi connectivity index (χ2v) is 15.6. The molecule has 0 bridgehead atoms. The summed E-state index contributed by atoms with van der Waals surface area (Å²) >= 11 is 1.07. The van der Waals surface area contributed by atoms with Gasteiger partial charge in [-0.3, -0.25) is 14.9 Å². The van der Waals surface area contributed by atoms with Crippen molar-refractivity contribution in [3.63, 3.8) is 0 Å². The first kappa shape index (κ1) is 39.8. The molecule has 0 aliphatic carbocycles. The third-order valence-electron chi connectivity index (χ3n) is 10.7. The van der Waals surface area contributed by atoms with Gasteiger partial charge in [-0.15, -0.1) is 0 Å². The number of halogens is 6. The van der Waals surface area contributed by atoms with Crippen molar-refractivity contribution in [1.82, 2.24) is 44.1 Å². The Kier molecular flexibility index (Phi) is 9.86. The summed E-state index contributed by atoms with van der Waals surface area (Å²) in [6, 6.07) is 6.31. The molecule has 7 aromatic rings. The Balaban J connectivity index is 1.04. The molecule has 0 spiro atoms. The summed E-state index contributed by atoms with van der Waals surface area (Å²) in [6.07, 6.45) is -3.34. The SMILES string of the molecule is Cc1nc(NC(=O)c2c(C)nn3ccc(N4CCC[C@@H]4C(F)(F)F)nc23)sc1-c1cc(N2CCC(C(F)(F)F)CC2)nc2c(C(=O)Nc3cccc(-c4cnco4)n3)cnn12. The highest BCUT2D eigenvalue weighted by molar-refractivity contribution is 7.19. The molecule has 0 aromatic carbocycles. The van der Waals surface area contributed by atoms with E-state index in [1.807, 2.05) is 0 Å². The van der Waals surface area contributed by atoms with Gasteiger partial charge in [-0.1, -0.05) is 17.4 Å². The van der Waals surface area contributed by atoms with Gasteiger partial charge in [-0.2, -0.15) is 36.5 Å². The van der Waals surface area contributed by atoms with Gasteiger partial charge in [0.1, 0.15) is 40.3 Å². The summed E-state index contributed by atoms with van der Waals surface area (Å²) in [5, 5.41) is 14.5. The smallest absolute Gasteiger partial charge is 0.408 e. The number of hydrogen-bond acceptors (Lipinski definition) is 13. The zero-order chi connectivity index (χ0) is 42.8. The van der Waals surface area contributed by atoms with Crippen LogP contribution in [-0.2, 0) is 0 Å². The Morgan fingerprint density at radius 3 is 2.38 bits per heavy atom. The van der Waals surface area contributed by atoms with E-state index in [4.69, 9.17) is 9.40 Å². The highest BCUT2D eigenvalue weighted by Gasteiger charge is 2.46. The minimum Gasteiger partial charge on any atom is -0.442 e. The second-order valence-electron chi connectivity index (χ2n) is 14.6. The number of piperidine rings is 1. The molecule has 2 saturated heterocycles. The number of aromatic nitrogens is 9. The van der Waals surface area contributed by atoms with Crippen molar-refractivity contribution in [3.8, 4) is 22.0 Å². The van der Waals surface area contributed by atoms with Crippen LogP contribution < -0.4 is 20.4 Å². The molecular formula is C38H33F6N13O3S. The number of hydrogen-bond donors (Lipinski definition) is 2. The molecule has 0 saturated carbocycles. The standard InChI is InChI=1S/C38H33F6N13O3S/c1-19-30(33-50-28(10-14-56(33)53-19)55-11-4-6-26(55)38(42,43)44)35(59)52-36-47-20(2)31(61-36)24-15-29(54-12-8-21(9-13-54)37(39,40)41)51-32-22(16-46-57(24)32)34(58)49-27-7-3-5-23(48-27)25-17-45-18-60-25/h3,5,7,10,14-18,21,26H,4,6,8-9,11-13H2,1-2H3,(H,47,52,59)(H,48,49,58)/t26-/m1/s1. The molecule has 2 aliphatic heterocycles. The van der Waals surface area contributed by atoms with Crippen LogP contribution in [0.15, 0.2) is 59.7 Å². The van der Waals surface area contributed by atoms with Gasteiger partial charge >= 0.3 is 12.4 Å². The van der Waals surface area contributed by atoms with E-state index in [1.54, 1.807) is 43.0 Å². The minimum atomic E-state index is -4.46. The number of nitrogens with zero attached hydrogens (tertiary/aromatic N) is 11. The number of thiazole rings is 1. The molecule has 2 aliphatic rings. The number of aryl methyl sites for hydroxylation is 2. The lowest BCUT2D eigenvalue weighted by molar-refractivity contribution is -0.179. The summed E-state index contributed by atoms with van der Waals surface area (Å²) < 4.78 is 90.4. The van der Waals surface area contributed by atoms with Crippen LogP contribution in [0.2, 0.25) is 0 Å². The highest BCUT2D eigenvalue weighted by atomic mass is 32.1. The number of rotatable bonds is 8. The molecule has 316 valence electrons. The van der Waals surface area contributed by atoms with E-state index < -0.39 is 36.1 Å². The van der Waals surface area contributed by atoms with Gasteiger partial charge in [0.15, 0.2) is 28.6 Å². The molecule has 0 radical (unpaired) electrons. The summed E-state index contributed by atoms with van der Waals surface area (Å²) in [5.41, 5.74) is 1.77. The predicted octanol–water partition coefficient (Wildman–Crippen LogP) is 7.38. The summed E-state index contributed by atoms with van der Waals surface area (Å²) in [6.45, 7) is 3.52. The van der Waals surface area contributed by atoms with E-state index >= 15 is 0 Å². The van der Waals surface area contributed by atoms with Crippen molar-refractivity contribution in [2.45, 2.75) is 57.9 Å². The van der Waals surface area contributed by atoms with Gasteiger partial charge in [0, 0.05) is 31.9 Å². The van der Waals surface area contributed by atoms with Crippen LogP contribution in [0.3, 0.4) is 0 Å². The summed E-state index contributed by atoms with van der Waals surface area (Å²) in [5.74, 6) is -1.79. The van der Waals surface area contributed by atoms with Crippen LogP contribution in [0.4, 0.5) is 48.9 Å². The second kappa shape index (κ2) is 15.1. The van der Waals surface area contributed by atoms with Crippen LogP contribution in [-0.4, -0.2) is 94.0 Å². The number of carbonyl (C=O) groups is 2. The zero-order valence-corrected chi connectivity index (χ0v) is 32.9. The van der Waals surface area contributed by atoms with Gasteiger partial charge in [-0.25, -0.2) is 34.0 Å². The van der Waals surface area contributed by atoms with Gasteiger partial charge in [-0.05, 0) is 57.7 Å². The van der Waals surface area contributed by atoms with Crippen molar-refractivity contribution in [2.24, 2.45) is 5.92 Å². The predicted molar refractivity (Wildman–Crippen MR) is 210 cm³/mol. The van der Waals surface area contributed by atoms with Gasteiger partial charge in [0.25, 0.3) is 11.8 Å². The van der Waals surface area contributed by atoms with Gasteiger partial charge in [0.05, 0.1) is 40.3 Å². The van der Waals surface area contributed by atoms with E-state index in [0.717, 1.165) is 11.3 Å². The lowest BCUT2D eigenvalue weighted by Crippen LogP contribution is -2.41. The molecule has 9 heterocycles. The fourth-order valence-corrected chi connectivity index (χ4v) is 8.68. The van der Waals surface area contributed by atoms with Crippen LogP contribution >= 0.6 is 11.3 Å². The maximum Gasteiger partial charge on any atom is 0.408 e. The molecule has 16 nitrogen and oxygen atoms in total. The average molecular weight is 866 g/mol. The van der Waals surface area contributed by atoms with Crippen molar-refractivity contribution in [3.05, 3.63) is 77.8 Å². The van der Waals surface area contributed by atoms with Crippen LogP contribution in [0.25, 0.3) is 33.3 Å². The van der Waals surface area contributed by atoms with E-state index in [1.165, 1.54) is 45.0 Å². The molecule has 2 amide bonds. The summed E-state index contributed by atoms with van der Waals surface area (Å²) in [4.78, 5) is 53.2. The van der Waals surface area contributed by atoms with Gasteiger partial charge < -0.3 is 19.5 Å². The molecule has 2 N–H and O–H groups in total. The molecule has 2 fully saturated rings. The largest absolute Gasteiger partial charge is 0.442 e. The fourth-order valence-electron chi connectivity index (χ4n) is 7.72. The third kappa shape index (κ3) is 7.57. The lowest BCUT2D eigenvalue weighted by Gasteiger charge is -2.33. The Morgan fingerprint density at radius 1 is 0.852 bits per heavy atom. The van der Waals surface area contributed by atoms with E-state index in [0.29, 0.717) is 40.0 Å². The Hall–Kier alpha value is -6.65. The normalized spacial score (nSPS) is 16.6. The molecule has 0 unspecified atom stereocenters. The Morgan fingerprint density at radius 2 is 1.64 bits per heavy atom. The molecule has 61 heavy (non-hydrogen) atoms. The number of amides is 2. The number of alkyl halides is 6. The van der Waals surface area contributed by atoms with E-state index in [9.17, 15) is 35.9 Å². The van der Waals surface area contributed by atoms with Crippen molar-refractivity contribution >= 4 is 57.0 Å². The van der Waals surface area contributed by atoms with Crippen LogP contribution in [0.5, 0.6) is 0 Å². The fraction of sp³-hybridized carbons (Fsp3) is 0.342. The molecule has 9 rings (SSSR count). The first-order chi connectivity index (χ1) is 29.1. The maximum absolute atomic E-state index is 13.9. The topological polar surface area (TPSA) is 177 Å². The molecule has 23 heteroatoms. The quantitative estimate of drug-likeness (QED) is 0.145. The Bertz CT molecular complexity index is 2790. The van der Waals surface area contributed by atoms with E-state index in [2.05, 4.69) is 40.8 Å². The average Bonchev–Trinajstić information content (AvgIpc) is 4.07. The summed E-state index contributed by atoms with van der Waals surface area (Å²) in [7, 11) is 0. The number of anilines is 4. The number of oxazole rings is 1. The molecule has 7 aromatic heterocycles. The number of pyridine rings is 1. The lowest BCUT2D eigenvalue weighted by atomic mass is 9.96. The van der Waals surface area contributed by atoms with Crippen molar-refractivity contribution in [2.75, 3.05) is 40.1 Å². The first-order valence-electron chi connectivity index (χ1n) is 19.0. The van der Waals surface area contributed by atoms with Crippen molar-refractivity contribution in [1.29, 1.82) is 0 Å². The maximum atomic E-state index is 13.9. The Labute approximate surface area is 344 Å². The van der Waals surface area contributed by atoms with Crippen molar-refractivity contribution < 1.29 is 40.3 Å². The highest BCUT2D eigenvalue weighted by Crippen LogP contribution is 2.39. The zero-order valence-electron chi connectivity index (χ0n) is 32.1. The molecular weight excluding hydrogens is 833 g/mol. The number of fused-ring (bicyclic) bond motifs is 2. The van der Waals surface area contributed by atoms with Gasteiger partial charge in [0.2, 0.25) is 0 Å². The van der Waals surface area contributed by atoms with E-state index in [-0.39, 0.29) is 83.8 Å². The third-order valence-corrected chi connectivity index (χ3v) is 11.8. The molecule has 1 atom stereocenters. The monoisotopic (exact) mass is 865 g/mol. The van der Waals surface area contributed by atoms with Crippen LogP contribution in [0.1, 0.15) is 57.8 Å². The first-order valence-corrected chi connectivity index (χ1v) is 19.8. The van der Waals surface area contributed by atoms with Crippen LogP contribution in [0, 0.1) is 19.8 Å². The minimum absolute atomic E-state index is 0.0402. The number of nitrogens with one attached hydrogen (secondary N) is 2. The number of carbonyl (C=O) groups excluding carboxylic acids is 2.